The summed E-state index contributed by atoms with van der Waals surface area (Å²) in [6.45, 7) is 9.54. The summed E-state index contributed by atoms with van der Waals surface area (Å²) >= 11 is 0. The van der Waals surface area contributed by atoms with Crippen LogP contribution in [0, 0.1) is 5.92 Å². The predicted molar refractivity (Wildman–Crippen MR) is 165 cm³/mol. The maximum Gasteiger partial charge on any atom is 0.404 e. The van der Waals surface area contributed by atoms with Gasteiger partial charge in [0.1, 0.15) is 18.3 Å². The van der Waals surface area contributed by atoms with Gasteiger partial charge in [-0.15, -0.1) is 0 Å². The molecule has 42 heavy (non-hydrogen) atoms. The standard InChI is InChI=1S/C33H48N2O7/c1-23(2)20-31(38)35-19-18-25(4)21-26(5)30-22-24(3)12-8-6-10-14-29(42-33(34)40)28(37)17-16-27(36)13-9-7-11-15-32(39)41-30/h6,8,11-12,15-21,26-30,36-37H,7,9-10,13-14,22H2,1-5H3,(H2,34,40)(H,35,38)/t26-,27+,28+,29+,30+/m0/s1. The SMILES string of the molecule is CC(C)=CC(=O)NC=CC(C)=C[C@H](C)[C@H]1CC(C)=CC=CCC[C@@H](OC(N)=O)[C@H](O)C=C[C@H](O)CCCC=CC(=O)O1. The van der Waals surface area contributed by atoms with Crippen LogP contribution < -0.4 is 11.1 Å². The first-order valence-corrected chi connectivity index (χ1v) is 14.4. The lowest BCUT2D eigenvalue weighted by Crippen LogP contribution is -2.32. The molecule has 232 valence electrons. The van der Waals surface area contributed by atoms with Gasteiger partial charge in [-0.2, -0.15) is 0 Å². The van der Waals surface area contributed by atoms with Gasteiger partial charge in [-0.05, 0) is 65.9 Å². The van der Waals surface area contributed by atoms with Gasteiger partial charge in [0.05, 0.1) is 6.10 Å². The Morgan fingerprint density at radius 2 is 1.88 bits per heavy atom. The van der Waals surface area contributed by atoms with Crippen LogP contribution in [0.1, 0.15) is 73.1 Å². The minimum atomic E-state index is -1.11. The predicted octanol–water partition coefficient (Wildman–Crippen LogP) is 5.23. The lowest BCUT2D eigenvalue weighted by atomic mass is 9.95. The molecule has 9 heteroatoms. The summed E-state index contributed by atoms with van der Waals surface area (Å²) in [5, 5.41) is 23.4. The van der Waals surface area contributed by atoms with E-state index in [1.807, 2.05) is 58.9 Å². The molecule has 0 fully saturated rings. The van der Waals surface area contributed by atoms with Crippen LogP contribution >= 0.6 is 0 Å². The third-order valence-corrected chi connectivity index (χ3v) is 6.33. The van der Waals surface area contributed by atoms with E-state index in [2.05, 4.69) is 5.32 Å². The van der Waals surface area contributed by atoms with Gasteiger partial charge in [0.15, 0.2) is 0 Å². The van der Waals surface area contributed by atoms with Crippen LogP contribution in [0.4, 0.5) is 4.79 Å². The Bertz CT molecular complexity index is 1090. The Morgan fingerprint density at radius 3 is 2.57 bits per heavy atom. The highest BCUT2D eigenvalue weighted by Gasteiger charge is 2.21. The van der Waals surface area contributed by atoms with Crippen molar-refractivity contribution in [3.8, 4) is 0 Å². The number of hydrogen-bond donors (Lipinski definition) is 4. The number of primary amides is 1. The molecule has 0 unspecified atom stereocenters. The van der Waals surface area contributed by atoms with Crippen LogP contribution in [0.5, 0.6) is 0 Å². The highest BCUT2D eigenvalue weighted by Crippen LogP contribution is 2.21. The minimum absolute atomic E-state index is 0.124. The van der Waals surface area contributed by atoms with Crippen LogP contribution in [-0.4, -0.2) is 52.6 Å². The lowest BCUT2D eigenvalue weighted by molar-refractivity contribution is -0.144. The van der Waals surface area contributed by atoms with Crippen LogP contribution in [-0.2, 0) is 19.1 Å². The van der Waals surface area contributed by atoms with Crippen molar-refractivity contribution in [2.75, 3.05) is 0 Å². The Balaban J connectivity index is 3.09. The number of aliphatic hydroxyl groups is 2. The Kier molecular flexibility index (Phi) is 17.5. The fraction of sp³-hybridized carbons (Fsp3) is 0.485. The zero-order valence-electron chi connectivity index (χ0n) is 25.5. The molecule has 0 aliphatic carbocycles. The monoisotopic (exact) mass is 584 g/mol. The van der Waals surface area contributed by atoms with E-state index in [9.17, 15) is 24.6 Å². The summed E-state index contributed by atoms with van der Waals surface area (Å²) in [5.41, 5.74) is 7.98. The Morgan fingerprint density at radius 1 is 1.14 bits per heavy atom. The van der Waals surface area contributed by atoms with Crippen LogP contribution in [0.3, 0.4) is 0 Å². The van der Waals surface area contributed by atoms with E-state index in [-0.39, 0.29) is 11.8 Å². The first kappa shape index (κ1) is 36.3. The number of carbonyl (C=O) groups excluding carboxylic acids is 3. The number of aliphatic hydroxyl groups excluding tert-OH is 2. The zero-order valence-corrected chi connectivity index (χ0v) is 25.5. The molecule has 0 bridgehead atoms. The second kappa shape index (κ2) is 20.2. The van der Waals surface area contributed by atoms with Crippen molar-refractivity contribution in [2.45, 2.75) is 97.6 Å². The smallest absolute Gasteiger partial charge is 0.404 e. The summed E-state index contributed by atoms with van der Waals surface area (Å²) in [7, 11) is 0. The number of nitrogens with one attached hydrogen (secondary N) is 1. The van der Waals surface area contributed by atoms with E-state index in [1.54, 1.807) is 18.4 Å². The average molecular weight is 585 g/mol. The first-order valence-electron chi connectivity index (χ1n) is 14.4. The third kappa shape index (κ3) is 17.2. The summed E-state index contributed by atoms with van der Waals surface area (Å²) in [5.74, 6) is -0.764. The largest absolute Gasteiger partial charge is 0.458 e. The molecule has 2 amide bonds. The molecule has 5 atom stereocenters. The molecule has 0 aromatic heterocycles. The molecule has 0 aromatic rings. The maximum atomic E-state index is 12.6. The molecule has 5 N–H and O–H groups in total. The van der Waals surface area contributed by atoms with E-state index in [4.69, 9.17) is 15.2 Å². The van der Waals surface area contributed by atoms with E-state index in [0.717, 1.165) is 16.7 Å². The normalized spacial score (nSPS) is 24.3. The average Bonchev–Trinajstić information content (AvgIpc) is 2.89. The summed E-state index contributed by atoms with van der Waals surface area (Å²) in [6, 6.07) is 0. The maximum absolute atomic E-state index is 12.6. The van der Waals surface area contributed by atoms with Gasteiger partial charge >= 0.3 is 12.1 Å². The molecule has 0 aromatic carbocycles. The number of ether oxygens (including phenoxy) is 2. The molecule has 1 aliphatic rings. The molecule has 0 saturated heterocycles. The van der Waals surface area contributed by atoms with Gasteiger partial charge < -0.3 is 30.7 Å². The third-order valence-electron chi connectivity index (χ3n) is 6.33. The molecule has 9 nitrogen and oxygen atoms in total. The number of cyclic esters (lactones) is 1. The van der Waals surface area contributed by atoms with E-state index >= 15 is 0 Å². The number of amides is 2. The lowest BCUT2D eigenvalue weighted by Gasteiger charge is -2.22. The van der Waals surface area contributed by atoms with Gasteiger partial charge in [-0.3, -0.25) is 4.79 Å². The first-order chi connectivity index (χ1) is 19.9. The number of carbonyl (C=O) groups is 3. The topological polar surface area (TPSA) is 148 Å². The van der Waals surface area contributed by atoms with Crippen molar-refractivity contribution in [3.05, 3.63) is 83.7 Å². The van der Waals surface area contributed by atoms with Gasteiger partial charge in [0.25, 0.3) is 0 Å². The fourth-order valence-electron chi connectivity index (χ4n) is 4.17. The Labute approximate surface area is 250 Å². The van der Waals surface area contributed by atoms with E-state index in [1.165, 1.54) is 24.3 Å². The van der Waals surface area contributed by atoms with E-state index in [0.29, 0.717) is 38.5 Å². The second-order valence-corrected chi connectivity index (χ2v) is 10.8. The molecule has 0 radical (unpaired) electrons. The quantitative estimate of drug-likeness (QED) is 0.145. The number of nitrogens with two attached hydrogens (primary N) is 1. The fourth-order valence-corrected chi connectivity index (χ4v) is 4.17. The molecule has 1 aliphatic heterocycles. The number of esters is 1. The van der Waals surface area contributed by atoms with Crippen molar-refractivity contribution in [3.63, 3.8) is 0 Å². The van der Waals surface area contributed by atoms with E-state index < -0.39 is 36.5 Å². The minimum Gasteiger partial charge on any atom is -0.458 e. The molecule has 0 spiro atoms. The number of allylic oxidation sites excluding steroid dienone is 7. The molecule has 1 heterocycles. The van der Waals surface area contributed by atoms with Gasteiger partial charge in [-0.25, -0.2) is 9.59 Å². The number of hydrogen-bond acceptors (Lipinski definition) is 7. The Hall–Kier alpha value is -3.69. The summed E-state index contributed by atoms with van der Waals surface area (Å²) < 4.78 is 10.9. The zero-order chi connectivity index (χ0) is 31.5. The van der Waals surface area contributed by atoms with Crippen molar-refractivity contribution < 1.29 is 34.1 Å². The van der Waals surface area contributed by atoms with Crippen molar-refractivity contribution in [1.82, 2.24) is 5.32 Å². The number of rotatable bonds is 6. The van der Waals surface area contributed by atoms with Gasteiger partial charge in [-0.1, -0.05) is 66.2 Å². The summed E-state index contributed by atoms with van der Waals surface area (Å²) in [4.78, 5) is 35.8. The summed E-state index contributed by atoms with van der Waals surface area (Å²) in [6.07, 6.45) is 17.3. The van der Waals surface area contributed by atoms with Crippen molar-refractivity contribution >= 4 is 18.0 Å². The highest BCUT2D eigenvalue weighted by atomic mass is 16.6. The van der Waals surface area contributed by atoms with Crippen molar-refractivity contribution in [2.24, 2.45) is 11.7 Å². The van der Waals surface area contributed by atoms with Crippen LogP contribution in [0.25, 0.3) is 0 Å². The van der Waals surface area contributed by atoms with Gasteiger partial charge in [0.2, 0.25) is 5.91 Å². The highest BCUT2D eigenvalue weighted by molar-refractivity contribution is 5.88. The second-order valence-electron chi connectivity index (χ2n) is 10.8. The molecule has 1 rings (SSSR count). The van der Waals surface area contributed by atoms with Crippen LogP contribution in [0.15, 0.2) is 83.7 Å². The van der Waals surface area contributed by atoms with Crippen molar-refractivity contribution in [1.29, 1.82) is 0 Å². The molecule has 0 saturated carbocycles. The molecular weight excluding hydrogens is 536 g/mol. The van der Waals surface area contributed by atoms with Crippen LogP contribution in [0.2, 0.25) is 0 Å². The molecular formula is C33H48N2O7. The van der Waals surface area contributed by atoms with Gasteiger partial charge in [0, 0.05) is 30.7 Å².